The minimum atomic E-state index is -0.186. The molecule has 24 heavy (non-hydrogen) atoms. The average Bonchev–Trinajstić information content (AvgIpc) is 3.10. The van der Waals surface area contributed by atoms with Gasteiger partial charge in [0, 0.05) is 43.8 Å². The Kier molecular flexibility index (Phi) is 3.78. The summed E-state index contributed by atoms with van der Waals surface area (Å²) in [5.74, 6) is 0.718. The molecular formula is C16H17N7O. The lowest BCUT2D eigenvalue weighted by atomic mass is 10.1. The fraction of sp³-hybridized carbons (Fsp3) is 0.312. The van der Waals surface area contributed by atoms with Gasteiger partial charge in [-0.1, -0.05) is 0 Å². The largest absolute Gasteiger partial charge is 0.354 e. The quantitative estimate of drug-likeness (QED) is 0.771. The van der Waals surface area contributed by atoms with Gasteiger partial charge in [-0.15, -0.1) is 0 Å². The van der Waals surface area contributed by atoms with E-state index < -0.39 is 0 Å². The van der Waals surface area contributed by atoms with Crippen LogP contribution in [0.15, 0.2) is 43.1 Å². The van der Waals surface area contributed by atoms with E-state index in [0.717, 1.165) is 37.4 Å². The topological polar surface area (TPSA) is 88.3 Å². The van der Waals surface area contributed by atoms with Crippen LogP contribution in [0.25, 0.3) is 5.65 Å². The van der Waals surface area contributed by atoms with Crippen LogP contribution in [-0.4, -0.2) is 49.6 Å². The van der Waals surface area contributed by atoms with Crippen molar-refractivity contribution < 1.29 is 4.79 Å². The second-order valence-electron chi connectivity index (χ2n) is 5.77. The number of fused-ring (bicyclic) bond motifs is 1. The summed E-state index contributed by atoms with van der Waals surface area (Å²) in [4.78, 5) is 27.0. The third kappa shape index (κ3) is 2.90. The van der Waals surface area contributed by atoms with Gasteiger partial charge in [0.05, 0.1) is 12.4 Å². The molecule has 1 saturated heterocycles. The molecule has 8 nitrogen and oxygen atoms in total. The van der Waals surface area contributed by atoms with Crippen molar-refractivity contribution in [3.8, 4) is 0 Å². The summed E-state index contributed by atoms with van der Waals surface area (Å²) in [6, 6.07) is 3.89. The van der Waals surface area contributed by atoms with Crippen molar-refractivity contribution in [2.24, 2.45) is 0 Å². The molecule has 1 N–H and O–H groups in total. The summed E-state index contributed by atoms with van der Waals surface area (Å²) in [6.07, 6.45) is 10.1. The number of carbonyl (C=O) groups is 1. The first kappa shape index (κ1) is 14.6. The second-order valence-corrected chi connectivity index (χ2v) is 5.77. The summed E-state index contributed by atoms with van der Waals surface area (Å²) in [6.45, 7) is 1.65. The van der Waals surface area contributed by atoms with E-state index in [1.54, 1.807) is 16.9 Å². The van der Waals surface area contributed by atoms with Gasteiger partial charge in [0.1, 0.15) is 11.5 Å². The van der Waals surface area contributed by atoms with Crippen molar-refractivity contribution in [2.75, 3.05) is 18.0 Å². The predicted octanol–water partition coefficient (Wildman–Crippen LogP) is 0.918. The maximum absolute atomic E-state index is 12.2. The number of amides is 1. The fourth-order valence-electron chi connectivity index (χ4n) is 2.96. The summed E-state index contributed by atoms with van der Waals surface area (Å²) >= 11 is 0. The van der Waals surface area contributed by atoms with Crippen LogP contribution in [0.3, 0.4) is 0 Å². The highest BCUT2D eigenvalue weighted by Crippen LogP contribution is 2.18. The van der Waals surface area contributed by atoms with Crippen LogP contribution in [0.2, 0.25) is 0 Å². The van der Waals surface area contributed by atoms with Crippen LogP contribution >= 0.6 is 0 Å². The Morgan fingerprint density at radius 1 is 1.25 bits per heavy atom. The molecule has 1 unspecified atom stereocenters. The highest BCUT2D eigenvalue weighted by Gasteiger charge is 2.23. The maximum atomic E-state index is 12.2. The highest BCUT2D eigenvalue weighted by molar-refractivity contribution is 5.92. The molecular weight excluding hydrogens is 306 g/mol. The molecule has 0 spiro atoms. The molecule has 4 rings (SSSR count). The van der Waals surface area contributed by atoms with Crippen molar-refractivity contribution in [3.63, 3.8) is 0 Å². The van der Waals surface area contributed by atoms with Crippen molar-refractivity contribution in [1.29, 1.82) is 0 Å². The SMILES string of the molecule is O=C(NC1CCCN(c2ccn3nccc3n2)C1)c1cnccn1. The maximum Gasteiger partial charge on any atom is 0.271 e. The van der Waals surface area contributed by atoms with Crippen LogP contribution in [-0.2, 0) is 0 Å². The lowest BCUT2D eigenvalue weighted by Gasteiger charge is -2.33. The molecule has 3 aromatic heterocycles. The minimum absolute atomic E-state index is 0.0659. The van der Waals surface area contributed by atoms with Crippen LogP contribution in [0.1, 0.15) is 23.3 Å². The number of nitrogens with one attached hydrogen (secondary N) is 1. The molecule has 0 radical (unpaired) electrons. The predicted molar refractivity (Wildman–Crippen MR) is 87.7 cm³/mol. The van der Waals surface area contributed by atoms with Crippen molar-refractivity contribution in [3.05, 3.63) is 48.8 Å². The Balaban J connectivity index is 1.46. The number of rotatable bonds is 3. The van der Waals surface area contributed by atoms with E-state index in [9.17, 15) is 4.79 Å². The number of nitrogens with zero attached hydrogens (tertiary/aromatic N) is 6. The van der Waals surface area contributed by atoms with E-state index in [1.165, 1.54) is 12.4 Å². The molecule has 0 saturated carbocycles. The Morgan fingerprint density at radius 3 is 3.08 bits per heavy atom. The zero-order valence-electron chi connectivity index (χ0n) is 13.0. The Labute approximate surface area is 138 Å². The van der Waals surface area contributed by atoms with Gasteiger partial charge < -0.3 is 10.2 Å². The van der Waals surface area contributed by atoms with Crippen LogP contribution in [0, 0.1) is 0 Å². The van der Waals surface area contributed by atoms with Gasteiger partial charge in [-0.2, -0.15) is 5.10 Å². The Hall–Kier alpha value is -3.03. The number of hydrogen-bond donors (Lipinski definition) is 1. The number of piperidine rings is 1. The lowest BCUT2D eigenvalue weighted by Crippen LogP contribution is -2.48. The van der Waals surface area contributed by atoms with Gasteiger partial charge in [0.15, 0.2) is 5.65 Å². The van der Waals surface area contributed by atoms with Crippen LogP contribution < -0.4 is 10.2 Å². The van der Waals surface area contributed by atoms with E-state index in [0.29, 0.717) is 5.69 Å². The van der Waals surface area contributed by atoms with E-state index in [4.69, 9.17) is 0 Å². The van der Waals surface area contributed by atoms with E-state index in [-0.39, 0.29) is 11.9 Å². The van der Waals surface area contributed by atoms with Crippen LogP contribution in [0.5, 0.6) is 0 Å². The fourth-order valence-corrected chi connectivity index (χ4v) is 2.96. The molecule has 1 amide bonds. The number of carbonyl (C=O) groups excluding carboxylic acids is 1. The molecule has 4 heterocycles. The second kappa shape index (κ2) is 6.23. The molecule has 1 fully saturated rings. The van der Waals surface area contributed by atoms with Gasteiger partial charge >= 0.3 is 0 Å². The summed E-state index contributed by atoms with van der Waals surface area (Å²) in [5.41, 5.74) is 1.16. The van der Waals surface area contributed by atoms with E-state index in [2.05, 4.69) is 30.3 Å². The normalized spacial score (nSPS) is 17.8. The Bertz CT molecular complexity index is 848. The molecule has 0 bridgehead atoms. The smallest absolute Gasteiger partial charge is 0.271 e. The summed E-state index contributed by atoms with van der Waals surface area (Å²) in [7, 11) is 0. The average molecular weight is 323 g/mol. The molecule has 1 aliphatic rings. The molecule has 3 aromatic rings. The molecule has 8 heteroatoms. The molecule has 1 atom stereocenters. The Morgan fingerprint density at radius 2 is 2.21 bits per heavy atom. The first-order valence-corrected chi connectivity index (χ1v) is 7.92. The van der Waals surface area contributed by atoms with Crippen molar-refractivity contribution in [2.45, 2.75) is 18.9 Å². The van der Waals surface area contributed by atoms with Gasteiger partial charge in [-0.25, -0.2) is 14.5 Å². The van der Waals surface area contributed by atoms with Crippen molar-refractivity contribution >= 4 is 17.4 Å². The van der Waals surface area contributed by atoms with Gasteiger partial charge in [0.25, 0.3) is 5.91 Å². The standard InChI is InChI=1S/C16H17N7O/c24-16(13-10-17-6-7-18-13)20-12-2-1-8-22(11-12)14-4-9-23-15(21-14)3-5-19-23/h3-7,9-10,12H,1-2,8,11H2,(H,20,24). The monoisotopic (exact) mass is 323 g/mol. The molecule has 122 valence electrons. The highest BCUT2D eigenvalue weighted by atomic mass is 16.2. The first-order chi connectivity index (χ1) is 11.8. The molecule has 0 aliphatic carbocycles. The first-order valence-electron chi connectivity index (χ1n) is 7.92. The molecule has 1 aliphatic heterocycles. The third-order valence-corrected chi connectivity index (χ3v) is 4.12. The van der Waals surface area contributed by atoms with Gasteiger partial charge in [0.2, 0.25) is 0 Å². The number of aromatic nitrogens is 5. The van der Waals surface area contributed by atoms with Gasteiger partial charge in [-0.3, -0.25) is 9.78 Å². The summed E-state index contributed by atoms with van der Waals surface area (Å²) in [5, 5.41) is 7.20. The van der Waals surface area contributed by atoms with E-state index in [1.807, 2.05) is 18.3 Å². The van der Waals surface area contributed by atoms with Gasteiger partial charge in [-0.05, 0) is 18.9 Å². The summed E-state index contributed by atoms with van der Waals surface area (Å²) < 4.78 is 1.74. The zero-order chi connectivity index (χ0) is 16.4. The minimum Gasteiger partial charge on any atom is -0.354 e. The number of hydrogen-bond acceptors (Lipinski definition) is 6. The van der Waals surface area contributed by atoms with E-state index >= 15 is 0 Å². The zero-order valence-corrected chi connectivity index (χ0v) is 13.0. The number of anilines is 1. The third-order valence-electron chi connectivity index (χ3n) is 4.12. The van der Waals surface area contributed by atoms with Crippen LogP contribution in [0.4, 0.5) is 5.82 Å². The van der Waals surface area contributed by atoms with Crippen molar-refractivity contribution in [1.82, 2.24) is 29.9 Å². The molecule has 0 aromatic carbocycles. The lowest BCUT2D eigenvalue weighted by molar-refractivity contribution is 0.0927.